The Morgan fingerprint density at radius 3 is 2.75 bits per heavy atom. The average Bonchev–Trinajstić information content (AvgIpc) is 3.22. The van der Waals surface area contributed by atoms with Gasteiger partial charge in [0.1, 0.15) is 11.5 Å². The van der Waals surface area contributed by atoms with Crippen LogP contribution in [-0.2, 0) is 11.8 Å². The minimum Gasteiger partial charge on any atom is -0.455 e. The van der Waals surface area contributed by atoms with Crippen molar-refractivity contribution in [2.24, 2.45) is 7.05 Å². The molecular weight excluding hydrogens is 410 g/mol. The second-order valence-electron chi connectivity index (χ2n) is 7.06. The number of ether oxygens (including phenoxy) is 2. The van der Waals surface area contributed by atoms with Crippen LogP contribution in [0.15, 0.2) is 53.8 Å². The number of pyridine rings is 2. The largest absolute Gasteiger partial charge is 0.455 e. The predicted molar refractivity (Wildman–Crippen MR) is 120 cm³/mol. The van der Waals surface area contributed by atoms with Gasteiger partial charge >= 0.3 is 0 Å². The van der Waals surface area contributed by atoms with E-state index in [1.807, 2.05) is 26.2 Å². The number of aromatic amines is 1. The molecular formula is C22H23N7O3. The van der Waals surface area contributed by atoms with Crippen LogP contribution in [0, 0.1) is 6.92 Å². The van der Waals surface area contributed by atoms with Crippen molar-refractivity contribution in [3.05, 3.63) is 65.1 Å². The Kier molecular flexibility index (Phi) is 6.22. The van der Waals surface area contributed by atoms with Gasteiger partial charge in [-0.1, -0.05) is 0 Å². The van der Waals surface area contributed by atoms with Crippen LogP contribution in [0.5, 0.6) is 11.5 Å². The summed E-state index contributed by atoms with van der Waals surface area (Å²) in [4.78, 5) is 28.3. The zero-order chi connectivity index (χ0) is 22.5. The molecule has 0 spiro atoms. The van der Waals surface area contributed by atoms with Gasteiger partial charge in [0.2, 0.25) is 5.95 Å². The van der Waals surface area contributed by atoms with E-state index in [4.69, 9.17) is 9.47 Å². The summed E-state index contributed by atoms with van der Waals surface area (Å²) in [6, 6.07) is 7.13. The molecule has 0 atom stereocenters. The molecule has 32 heavy (non-hydrogen) atoms. The summed E-state index contributed by atoms with van der Waals surface area (Å²) in [5, 5.41) is 7.16. The minimum absolute atomic E-state index is 0.282. The molecule has 0 amide bonds. The summed E-state index contributed by atoms with van der Waals surface area (Å²) in [6.45, 7) is 2.87. The zero-order valence-corrected chi connectivity index (χ0v) is 18.0. The summed E-state index contributed by atoms with van der Waals surface area (Å²) in [5.41, 5.74) is 2.90. The predicted octanol–water partition coefficient (Wildman–Crippen LogP) is 2.79. The molecule has 4 aromatic heterocycles. The molecule has 0 unspecified atom stereocenters. The van der Waals surface area contributed by atoms with Crippen molar-refractivity contribution in [2.75, 3.05) is 25.6 Å². The highest BCUT2D eigenvalue weighted by Gasteiger charge is 2.11. The maximum Gasteiger partial charge on any atom is 0.261 e. The second kappa shape index (κ2) is 9.40. The lowest BCUT2D eigenvalue weighted by molar-refractivity contribution is 0.210. The smallest absolute Gasteiger partial charge is 0.261 e. The molecule has 0 aliphatic rings. The molecule has 0 fully saturated rings. The Bertz CT molecular complexity index is 1280. The number of rotatable bonds is 8. The molecule has 10 nitrogen and oxygen atoms in total. The molecule has 10 heteroatoms. The quantitative estimate of drug-likeness (QED) is 0.407. The molecule has 0 aliphatic carbocycles. The number of hydrogen-bond donors (Lipinski definition) is 2. The molecule has 4 rings (SSSR count). The third kappa shape index (κ3) is 4.81. The van der Waals surface area contributed by atoms with Gasteiger partial charge < -0.3 is 14.8 Å². The van der Waals surface area contributed by atoms with Crippen molar-refractivity contribution in [1.29, 1.82) is 0 Å². The lowest BCUT2D eigenvalue weighted by Gasteiger charge is -2.10. The molecule has 0 saturated carbocycles. The van der Waals surface area contributed by atoms with E-state index in [0.717, 1.165) is 11.3 Å². The third-order valence-electron chi connectivity index (χ3n) is 4.67. The van der Waals surface area contributed by atoms with Crippen molar-refractivity contribution in [3.8, 4) is 34.0 Å². The van der Waals surface area contributed by atoms with Gasteiger partial charge in [-0.05, 0) is 25.1 Å². The van der Waals surface area contributed by atoms with Crippen molar-refractivity contribution < 1.29 is 9.47 Å². The first-order valence-electron chi connectivity index (χ1n) is 9.96. The Morgan fingerprint density at radius 2 is 2.03 bits per heavy atom. The Morgan fingerprint density at radius 1 is 1.16 bits per heavy atom. The first kappa shape index (κ1) is 21.2. The third-order valence-corrected chi connectivity index (χ3v) is 4.67. The number of aromatic nitrogens is 6. The lowest BCUT2D eigenvalue weighted by atomic mass is 10.2. The zero-order valence-electron chi connectivity index (χ0n) is 18.0. The molecule has 0 radical (unpaired) electrons. The maximum atomic E-state index is 12.5. The van der Waals surface area contributed by atoms with Gasteiger partial charge in [0.25, 0.3) is 5.56 Å². The lowest BCUT2D eigenvalue weighted by Crippen LogP contribution is -2.17. The monoisotopic (exact) mass is 433 g/mol. The van der Waals surface area contributed by atoms with Crippen LogP contribution in [0.2, 0.25) is 0 Å². The summed E-state index contributed by atoms with van der Waals surface area (Å²) < 4.78 is 12.7. The van der Waals surface area contributed by atoms with Crippen LogP contribution in [0.1, 0.15) is 5.69 Å². The van der Waals surface area contributed by atoms with Gasteiger partial charge in [-0.25, -0.2) is 9.97 Å². The number of methoxy groups -OCH3 is 1. The molecule has 0 bridgehead atoms. The minimum atomic E-state index is -0.282. The topological polar surface area (TPSA) is 120 Å². The maximum absolute atomic E-state index is 12.5. The van der Waals surface area contributed by atoms with Gasteiger partial charge in [0, 0.05) is 50.9 Å². The fourth-order valence-corrected chi connectivity index (χ4v) is 3.06. The standard InChI is InChI=1S/C22H23N7O3/c1-14-20(32-16-6-7-23-19(10-16)15-11-26-29(2)13-15)5-4-18(27-14)17-12-25-22(28-21(17)30)24-8-9-31-3/h4-7,10-13H,8-9H2,1-3H3,(H2,24,25,28,30). The van der Waals surface area contributed by atoms with Gasteiger partial charge in [0.05, 0.1) is 35.4 Å². The van der Waals surface area contributed by atoms with Gasteiger partial charge in [0.15, 0.2) is 0 Å². The van der Waals surface area contributed by atoms with E-state index < -0.39 is 0 Å². The highest BCUT2D eigenvalue weighted by Crippen LogP contribution is 2.28. The summed E-state index contributed by atoms with van der Waals surface area (Å²) in [6.07, 6.45) is 6.82. The Hall–Kier alpha value is -4.05. The Balaban J connectivity index is 1.52. The van der Waals surface area contributed by atoms with E-state index in [1.54, 1.807) is 42.4 Å². The molecule has 0 aliphatic heterocycles. The summed E-state index contributed by atoms with van der Waals surface area (Å²) >= 11 is 0. The van der Waals surface area contributed by atoms with Crippen molar-refractivity contribution in [1.82, 2.24) is 29.7 Å². The van der Waals surface area contributed by atoms with Crippen LogP contribution in [0.4, 0.5) is 5.95 Å². The number of hydrogen-bond acceptors (Lipinski definition) is 8. The normalized spacial score (nSPS) is 10.8. The van der Waals surface area contributed by atoms with Gasteiger partial charge in [-0.3, -0.25) is 19.4 Å². The highest BCUT2D eigenvalue weighted by molar-refractivity contribution is 5.60. The first-order valence-corrected chi connectivity index (χ1v) is 9.96. The molecule has 164 valence electrons. The molecule has 0 saturated heterocycles. The number of H-pyrrole nitrogens is 1. The SMILES string of the molecule is COCCNc1ncc(-c2ccc(Oc3ccnc(-c4cnn(C)c4)c3)c(C)n2)c(=O)[nH]1. The highest BCUT2D eigenvalue weighted by atomic mass is 16.5. The molecule has 4 aromatic rings. The van der Waals surface area contributed by atoms with Crippen LogP contribution in [-0.4, -0.2) is 50.0 Å². The van der Waals surface area contributed by atoms with E-state index in [1.165, 1.54) is 6.20 Å². The van der Waals surface area contributed by atoms with Crippen molar-refractivity contribution in [3.63, 3.8) is 0 Å². The van der Waals surface area contributed by atoms with Crippen molar-refractivity contribution in [2.45, 2.75) is 6.92 Å². The fraction of sp³-hybridized carbons (Fsp3) is 0.227. The van der Waals surface area contributed by atoms with Crippen LogP contribution >= 0.6 is 0 Å². The van der Waals surface area contributed by atoms with Gasteiger partial charge in [-0.2, -0.15) is 5.10 Å². The second-order valence-corrected chi connectivity index (χ2v) is 7.06. The van der Waals surface area contributed by atoms with E-state index in [9.17, 15) is 4.79 Å². The van der Waals surface area contributed by atoms with E-state index in [0.29, 0.717) is 47.6 Å². The van der Waals surface area contributed by atoms with Crippen LogP contribution in [0.25, 0.3) is 22.5 Å². The van der Waals surface area contributed by atoms with E-state index >= 15 is 0 Å². The summed E-state index contributed by atoms with van der Waals surface area (Å²) in [5.74, 6) is 1.59. The fourth-order valence-electron chi connectivity index (χ4n) is 3.06. The Labute approximate surface area is 184 Å². The number of nitrogens with zero attached hydrogens (tertiary/aromatic N) is 5. The number of nitrogens with one attached hydrogen (secondary N) is 2. The average molecular weight is 433 g/mol. The molecule has 2 N–H and O–H groups in total. The number of anilines is 1. The van der Waals surface area contributed by atoms with E-state index in [-0.39, 0.29) is 5.56 Å². The van der Waals surface area contributed by atoms with Crippen LogP contribution in [0.3, 0.4) is 0 Å². The van der Waals surface area contributed by atoms with Gasteiger partial charge in [-0.15, -0.1) is 0 Å². The van der Waals surface area contributed by atoms with Crippen LogP contribution < -0.4 is 15.6 Å². The van der Waals surface area contributed by atoms with E-state index in [2.05, 4.69) is 30.4 Å². The first-order chi connectivity index (χ1) is 15.5. The molecule has 4 heterocycles. The number of aryl methyl sites for hydroxylation is 2. The molecule has 0 aromatic carbocycles. The summed E-state index contributed by atoms with van der Waals surface area (Å²) in [7, 11) is 3.46. The van der Waals surface area contributed by atoms with Crippen molar-refractivity contribution >= 4 is 5.95 Å².